The van der Waals surface area contributed by atoms with Crippen LogP contribution in [-0.2, 0) is 16.6 Å². The molecule has 1 saturated heterocycles. The van der Waals surface area contributed by atoms with E-state index < -0.39 is 54.9 Å². The minimum Gasteiger partial charge on any atom is -0.382 e. The van der Waals surface area contributed by atoms with Gasteiger partial charge in [0.2, 0.25) is 5.91 Å². The molecule has 218 valence electrons. The molecule has 4 rings (SSSR count). The number of aryl methyl sites for hydroxylation is 1. The number of ether oxygens (including phenoxy) is 1. The van der Waals surface area contributed by atoms with Crippen LogP contribution in [0, 0.1) is 5.92 Å². The summed E-state index contributed by atoms with van der Waals surface area (Å²) in [5, 5.41) is 11.3. The SMILES string of the molecule is COC[C@H](c1ccnc(NC(=O)C(NC(=O)c2ccnn2C)C2CCC(F)CC2)c1)N1C[C@@H](C(F)(F)F)NC1=O. The molecule has 3 atom stereocenters. The lowest BCUT2D eigenvalue weighted by Crippen LogP contribution is -2.50. The summed E-state index contributed by atoms with van der Waals surface area (Å²) in [6.07, 6.45) is -1.49. The lowest BCUT2D eigenvalue weighted by atomic mass is 9.82. The van der Waals surface area contributed by atoms with E-state index in [1.807, 2.05) is 5.32 Å². The molecule has 1 unspecified atom stereocenters. The number of carbonyl (C=O) groups is 3. The topological polar surface area (TPSA) is 130 Å². The molecule has 1 aliphatic carbocycles. The van der Waals surface area contributed by atoms with Gasteiger partial charge in [-0.3, -0.25) is 14.3 Å². The van der Waals surface area contributed by atoms with Gasteiger partial charge in [-0.2, -0.15) is 18.3 Å². The first-order chi connectivity index (χ1) is 19.0. The molecule has 15 heteroatoms. The maximum absolute atomic E-state index is 13.8. The summed E-state index contributed by atoms with van der Waals surface area (Å²) in [5.74, 6) is -1.37. The predicted molar refractivity (Wildman–Crippen MR) is 134 cm³/mol. The number of hydrogen-bond acceptors (Lipinski definition) is 6. The van der Waals surface area contributed by atoms with Crippen molar-refractivity contribution in [3.63, 3.8) is 0 Å². The van der Waals surface area contributed by atoms with E-state index in [0.717, 1.165) is 4.90 Å². The quantitative estimate of drug-likeness (QED) is 0.398. The number of rotatable bonds is 9. The number of aromatic nitrogens is 3. The van der Waals surface area contributed by atoms with Crippen LogP contribution in [0.2, 0.25) is 0 Å². The summed E-state index contributed by atoms with van der Waals surface area (Å²) < 4.78 is 60.1. The second-order valence-electron chi connectivity index (χ2n) is 9.93. The van der Waals surface area contributed by atoms with E-state index in [2.05, 4.69) is 20.7 Å². The maximum Gasteiger partial charge on any atom is 0.410 e. The molecule has 1 saturated carbocycles. The molecule has 2 aliphatic rings. The summed E-state index contributed by atoms with van der Waals surface area (Å²) in [7, 11) is 2.94. The monoisotopic (exact) mass is 569 g/mol. The number of urea groups is 1. The summed E-state index contributed by atoms with van der Waals surface area (Å²) >= 11 is 0. The van der Waals surface area contributed by atoms with Crippen LogP contribution in [0.1, 0.15) is 47.8 Å². The van der Waals surface area contributed by atoms with Crippen LogP contribution in [0.15, 0.2) is 30.6 Å². The third kappa shape index (κ3) is 6.69. The number of hydrogen-bond donors (Lipinski definition) is 3. The Kier molecular flexibility index (Phi) is 8.91. The highest BCUT2D eigenvalue weighted by Gasteiger charge is 2.48. The molecule has 2 aromatic rings. The number of methoxy groups -OCH3 is 1. The van der Waals surface area contributed by atoms with Crippen molar-refractivity contribution in [1.82, 2.24) is 30.3 Å². The third-order valence-electron chi connectivity index (χ3n) is 7.25. The molecule has 2 fully saturated rings. The molecule has 1 aliphatic heterocycles. The van der Waals surface area contributed by atoms with Crippen LogP contribution < -0.4 is 16.0 Å². The summed E-state index contributed by atoms with van der Waals surface area (Å²) in [5.41, 5.74) is 0.624. The highest BCUT2D eigenvalue weighted by Crippen LogP contribution is 2.32. The number of carbonyl (C=O) groups excluding carboxylic acids is 3. The third-order valence-corrected chi connectivity index (χ3v) is 7.25. The van der Waals surface area contributed by atoms with Gasteiger partial charge >= 0.3 is 12.2 Å². The van der Waals surface area contributed by atoms with Gasteiger partial charge in [-0.25, -0.2) is 14.2 Å². The largest absolute Gasteiger partial charge is 0.410 e. The molecular formula is C25H31F4N7O4. The minimum absolute atomic E-state index is 0.0644. The molecule has 3 heterocycles. The van der Waals surface area contributed by atoms with E-state index in [0.29, 0.717) is 18.4 Å². The maximum atomic E-state index is 13.8. The van der Waals surface area contributed by atoms with Crippen molar-refractivity contribution in [2.24, 2.45) is 13.0 Å². The molecule has 11 nitrogen and oxygen atoms in total. The second kappa shape index (κ2) is 12.2. The Balaban J connectivity index is 1.53. The van der Waals surface area contributed by atoms with Gasteiger partial charge in [-0.15, -0.1) is 0 Å². The van der Waals surface area contributed by atoms with Crippen LogP contribution >= 0.6 is 0 Å². The first-order valence-electron chi connectivity index (χ1n) is 12.8. The summed E-state index contributed by atoms with van der Waals surface area (Å²) in [6, 6.07) is -0.368. The van der Waals surface area contributed by atoms with Crippen LogP contribution in [0.4, 0.5) is 28.2 Å². The standard InChI is InChI=1S/C25H31F4N7O4/c1-35-17(8-10-31-35)22(37)34-21(14-3-5-16(26)6-4-14)23(38)33-20-11-15(7-9-30-20)18(13-40-2)36-12-19(25(27,28)29)32-24(36)39/h7-11,14,16,18-19,21H,3-6,12-13H2,1-2H3,(H,32,39)(H,34,37)(H,30,33,38)/t14?,16?,18-,19+,21?/m1/s1. The normalized spacial score (nSPS) is 22.9. The molecule has 40 heavy (non-hydrogen) atoms. The number of nitrogens with zero attached hydrogens (tertiary/aromatic N) is 4. The van der Waals surface area contributed by atoms with Crippen molar-refractivity contribution in [2.75, 3.05) is 25.6 Å². The average Bonchev–Trinajstić information content (AvgIpc) is 3.52. The van der Waals surface area contributed by atoms with Gasteiger partial charge in [0, 0.05) is 26.6 Å². The lowest BCUT2D eigenvalue weighted by Gasteiger charge is -2.31. The van der Waals surface area contributed by atoms with Crippen LogP contribution in [0.3, 0.4) is 0 Å². The van der Waals surface area contributed by atoms with Crippen LogP contribution in [0.25, 0.3) is 0 Å². The molecule has 2 aromatic heterocycles. The van der Waals surface area contributed by atoms with Crippen molar-refractivity contribution in [3.8, 4) is 0 Å². The van der Waals surface area contributed by atoms with Gasteiger partial charge in [0.1, 0.15) is 29.8 Å². The predicted octanol–water partition coefficient (Wildman–Crippen LogP) is 2.72. The fourth-order valence-electron chi connectivity index (χ4n) is 5.08. The zero-order chi connectivity index (χ0) is 29.0. The van der Waals surface area contributed by atoms with E-state index in [1.54, 1.807) is 7.05 Å². The van der Waals surface area contributed by atoms with E-state index >= 15 is 0 Å². The molecular weight excluding hydrogens is 538 g/mol. The average molecular weight is 570 g/mol. The van der Waals surface area contributed by atoms with Crippen molar-refractivity contribution < 1.29 is 36.7 Å². The van der Waals surface area contributed by atoms with Crippen molar-refractivity contribution in [2.45, 2.75) is 56.2 Å². The molecule has 0 aromatic carbocycles. The highest BCUT2D eigenvalue weighted by molar-refractivity contribution is 6.00. The Bertz CT molecular complexity index is 1220. The zero-order valence-corrected chi connectivity index (χ0v) is 21.9. The van der Waals surface area contributed by atoms with Crippen LogP contribution in [-0.4, -0.2) is 82.2 Å². The smallest absolute Gasteiger partial charge is 0.382 e. The Morgan fingerprint density at radius 1 is 1.20 bits per heavy atom. The van der Waals surface area contributed by atoms with Gasteiger partial charge in [-0.05, 0) is 55.4 Å². The Morgan fingerprint density at radius 3 is 2.52 bits per heavy atom. The fourth-order valence-corrected chi connectivity index (χ4v) is 5.08. The number of anilines is 1. The lowest BCUT2D eigenvalue weighted by molar-refractivity contribution is -0.150. The van der Waals surface area contributed by atoms with Gasteiger partial charge in [0.15, 0.2) is 0 Å². The molecule has 0 bridgehead atoms. The molecule has 0 radical (unpaired) electrons. The zero-order valence-electron chi connectivity index (χ0n) is 21.9. The molecule has 4 amide bonds. The number of nitrogens with one attached hydrogen (secondary N) is 3. The second-order valence-corrected chi connectivity index (χ2v) is 9.93. The number of amides is 4. The fraction of sp³-hybridized carbons (Fsp3) is 0.560. The molecule has 3 N–H and O–H groups in total. The highest BCUT2D eigenvalue weighted by atomic mass is 19.4. The summed E-state index contributed by atoms with van der Waals surface area (Å²) in [4.78, 5) is 43.9. The van der Waals surface area contributed by atoms with Gasteiger partial charge in [-0.1, -0.05) is 0 Å². The van der Waals surface area contributed by atoms with Gasteiger partial charge in [0.25, 0.3) is 5.91 Å². The van der Waals surface area contributed by atoms with Gasteiger partial charge < -0.3 is 25.6 Å². The molecule has 0 spiro atoms. The Labute approximate surface area is 227 Å². The number of alkyl halides is 4. The Hall–Kier alpha value is -3.75. The number of halogens is 4. The summed E-state index contributed by atoms with van der Waals surface area (Å²) in [6.45, 7) is -0.717. The van der Waals surface area contributed by atoms with E-state index in [4.69, 9.17) is 4.74 Å². The van der Waals surface area contributed by atoms with Crippen molar-refractivity contribution in [3.05, 3.63) is 41.9 Å². The van der Waals surface area contributed by atoms with Crippen molar-refractivity contribution in [1.29, 1.82) is 0 Å². The van der Waals surface area contributed by atoms with E-state index in [1.165, 1.54) is 42.4 Å². The Morgan fingerprint density at radius 2 is 1.93 bits per heavy atom. The number of pyridine rings is 1. The first kappa shape index (κ1) is 29.2. The minimum atomic E-state index is -4.62. The van der Waals surface area contributed by atoms with E-state index in [9.17, 15) is 31.9 Å². The van der Waals surface area contributed by atoms with E-state index in [-0.39, 0.29) is 36.9 Å². The van der Waals surface area contributed by atoms with Crippen LogP contribution in [0.5, 0.6) is 0 Å². The van der Waals surface area contributed by atoms with Crippen molar-refractivity contribution >= 4 is 23.7 Å². The first-order valence-corrected chi connectivity index (χ1v) is 12.8. The van der Waals surface area contributed by atoms with Gasteiger partial charge in [0.05, 0.1) is 19.2 Å².